The van der Waals surface area contributed by atoms with E-state index in [9.17, 15) is 22.8 Å². The maximum Gasteiger partial charge on any atom is 0.262 e. The van der Waals surface area contributed by atoms with E-state index < -0.39 is 33.8 Å². The SMILES string of the molecule is CC(C)CC(C(=O)Nc1cccc(S(=O)(=O)NC2CC2)c1)N1C(=O)c2ccccc2C1=O. The molecule has 3 amide bonds. The molecule has 9 heteroatoms. The Morgan fingerprint density at radius 3 is 2.22 bits per heavy atom. The lowest BCUT2D eigenvalue weighted by Crippen LogP contribution is -2.48. The van der Waals surface area contributed by atoms with Crippen molar-refractivity contribution in [1.82, 2.24) is 9.62 Å². The number of rotatable bonds is 8. The van der Waals surface area contributed by atoms with Crippen molar-refractivity contribution in [1.29, 1.82) is 0 Å². The third kappa shape index (κ3) is 4.44. The topological polar surface area (TPSA) is 113 Å². The van der Waals surface area contributed by atoms with Crippen molar-refractivity contribution in [2.75, 3.05) is 5.32 Å². The number of hydrogen-bond donors (Lipinski definition) is 2. The third-order valence-corrected chi connectivity index (χ3v) is 6.96. The van der Waals surface area contributed by atoms with Crippen LogP contribution in [0.3, 0.4) is 0 Å². The molecule has 1 aliphatic carbocycles. The smallest absolute Gasteiger partial charge is 0.262 e. The van der Waals surface area contributed by atoms with Gasteiger partial charge in [0, 0.05) is 11.7 Å². The second-order valence-corrected chi connectivity index (χ2v) is 10.3. The molecule has 4 rings (SSSR count). The summed E-state index contributed by atoms with van der Waals surface area (Å²) in [6, 6.07) is 11.4. The van der Waals surface area contributed by atoms with Gasteiger partial charge in [0.1, 0.15) is 6.04 Å². The van der Waals surface area contributed by atoms with Gasteiger partial charge in [0.05, 0.1) is 16.0 Å². The molecule has 0 bridgehead atoms. The lowest BCUT2D eigenvalue weighted by Gasteiger charge is -2.26. The van der Waals surface area contributed by atoms with E-state index >= 15 is 0 Å². The number of anilines is 1. The Labute approximate surface area is 187 Å². The Hall–Kier alpha value is -3.04. The Morgan fingerprint density at radius 2 is 1.66 bits per heavy atom. The highest BCUT2D eigenvalue weighted by atomic mass is 32.2. The fraction of sp³-hybridized carbons (Fsp3) is 0.348. The Morgan fingerprint density at radius 1 is 1.03 bits per heavy atom. The summed E-state index contributed by atoms with van der Waals surface area (Å²) in [7, 11) is -3.68. The summed E-state index contributed by atoms with van der Waals surface area (Å²) in [5.41, 5.74) is 0.829. The van der Waals surface area contributed by atoms with Gasteiger partial charge in [-0.15, -0.1) is 0 Å². The first-order valence-corrected chi connectivity index (χ1v) is 12.1. The van der Waals surface area contributed by atoms with Gasteiger partial charge in [0.2, 0.25) is 15.9 Å². The van der Waals surface area contributed by atoms with Crippen LogP contribution in [0.25, 0.3) is 0 Å². The zero-order valence-electron chi connectivity index (χ0n) is 17.9. The predicted octanol–water partition coefficient (Wildman–Crippen LogP) is 2.78. The highest BCUT2D eigenvalue weighted by molar-refractivity contribution is 7.89. The molecule has 0 aromatic heterocycles. The number of benzene rings is 2. The summed E-state index contributed by atoms with van der Waals surface area (Å²) in [5, 5.41) is 2.70. The Balaban J connectivity index is 1.58. The molecule has 8 nitrogen and oxygen atoms in total. The van der Waals surface area contributed by atoms with Crippen molar-refractivity contribution in [3.63, 3.8) is 0 Å². The number of nitrogens with zero attached hydrogens (tertiary/aromatic N) is 1. The van der Waals surface area contributed by atoms with Crippen LogP contribution in [0, 0.1) is 5.92 Å². The maximum atomic E-state index is 13.2. The summed E-state index contributed by atoms with van der Waals surface area (Å²) in [4.78, 5) is 40.1. The lowest BCUT2D eigenvalue weighted by atomic mass is 10.0. The van der Waals surface area contributed by atoms with E-state index in [1.165, 1.54) is 18.2 Å². The first kappa shape index (κ1) is 22.2. The number of amides is 3. The number of fused-ring (bicyclic) bond motifs is 1. The second-order valence-electron chi connectivity index (χ2n) is 8.58. The minimum atomic E-state index is -3.68. The molecule has 1 fully saturated rings. The van der Waals surface area contributed by atoms with E-state index in [2.05, 4.69) is 10.0 Å². The van der Waals surface area contributed by atoms with Gasteiger partial charge < -0.3 is 5.32 Å². The van der Waals surface area contributed by atoms with Crippen LogP contribution in [0.1, 0.15) is 53.8 Å². The van der Waals surface area contributed by atoms with Crippen LogP contribution in [-0.2, 0) is 14.8 Å². The molecular weight excluding hydrogens is 430 g/mol. The summed E-state index contributed by atoms with van der Waals surface area (Å²) >= 11 is 0. The molecule has 2 N–H and O–H groups in total. The molecule has 0 radical (unpaired) electrons. The first-order valence-electron chi connectivity index (χ1n) is 10.6. The number of imide groups is 1. The van der Waals surface area contributed by atoms with Crippen LogP contribution in [0.15, 0.2) is 53.4 Å². The highest BCUT2D eigenvalue weighted by Crippen LogP contribution is 2.28. The van der Waals surface area contributed by atoms with Crippen molar-refractivity contribution in [3.05, 3.63) is 59.7 Å². The van der Waals surface area contributed by atoms with Crippen molar-refractivity contribution < 1.29 is 22.8 Å². The van der Waals surface area contributed by atoms with Gasteiger partial charge in [-0.2, -0.15) is 0 Å². The predicted molar refractivity (Wildman–Crippen MR) is 119 cm³/mol. The summed E-state index contributed by atoms with van der Waals surface area (Å²) in [6.45, 7) is 3.80. The molecule has 2 aliphatic rings. The van der Waals surface area contributed by atoms with Crippen LogP contribution in [0.4, 0.5) is 5.69 Å². The lowest BCUT2D eigenvalue weighted by molar-refractivity contribution is -0.120. The van der Waals surface area contributed by atoms with Crippen molar-refractivity contribution in [3.8, 4) is 0 Å². The molecule has 0 saturated heterocycles. The minimum Gasteiger partial charge on any atom is -0.324 e. The second kappa shape index (κ2) is 8.48. The number of carbonyl (C=O) groups excluding carboxylic acids is 3. The van der Waals surface area contributed by atoms with Crippen molar-refractivity contribution in [2.24, 2.45) is 5.92 Å². The molecule has 0 spiro atoms. The molecule has 1 heterocycles. The Kier molecular flexibility index (Phi) is 5.87. The van der Waals surface area contributed by atoms with Crippen LogP contribution < -0.4 is 10.0 Å². The van der Waals surface area contributed by atoms with Crippen LogP contribution in [0.5, 0.6) is 0 Å². The van der Waals surface area contributed by atoms with Gasteiger partial charge in [0.15, 0.2) is 0 Å². The van der Waals surface area contributed by atoms with Gasteiger partial charge in [-0.1, -0.05) is 32.0 Å². The molecule has 1 atom stereocenters. The molecule has 2 aromatic rings. The standard InChI is InChI=1S/C23H25N3O5S/c1-14(2)12-20(26-22(28)18-8-3-4-9-19(18)23(26)29)21(27)24-16-6-5-7-17(13-16)32(30,31)25-15-10-11-15/h3-9,13-15,20,25H,10-12H2,1-2H3,(H,24,27). The monoisotopic (exact) mass is 455 g/mol. The van der Waals surface area contributed by atoms with Crippen molar-refractivity contribution in [2.45, 2.75) is 50.1 Å². The fourth-order valence-electron chi connectivity index (χ4n) is 3.72. The van der Waals surface area contributed by atoms with Crippen LogP contribution in [0.2, 0.25) is 0 Å². The number of carbonyl (C=O) groups is 3. The minimum absolute atomic E-state index is 0.0320. The quantitative estimate of drug-likeness (QED) is 0.595. The van der Waals surface area contributed by atoms with Gasteiger partial charge >= 0.3 is 0 Å². The summed E-state index contributed by atoms with van der Waals surface area (Å²) in [6.07, 6.45) is 1.90. The van der Waals surface area contributed by atoms with E-state index in [1.807, 2.05) is 13.8 Å². The zero-order chi connectivity index (χ0) is 23.0. The summed E-state index contributed by atoms with van der Waals surface area (Å²) in [5.74, 6) is -1.52. The maximum absolute atomic E-state index is 13.2. The molecule has 32 heavy (non-hydrogen) atoms. The molecule has 2 aromatic carbocycles. The fourth-order valence-corrected chi connectivity index (χ4v) is 5.07. The number of nitrogens with one attached hydrogen (secondary N) is 2. The average Bonchev–Trinajstić information content (AvgIpc) is 3.52. The van der Waals surface area contributed by atoms with Gasteiger partial charge in [-0.05, 0) is 55.5 Å². The molecule has 168 valence electrons. The van der Waals surface area contributed by atoms with E-state index in [-0.39, 0.29) is 40.1 Å². The normalized spacial score (nSPS) is 16.9. The third-order valence-electron chi connectivity index (χ3n) is 5.45. The van der Waals surface area contributed by atoms with E-state index in [1.54, 1.807) is 30.3 Å². The highest BCUT2D eigenvalue weighted by Gasteiger charge is 2.42. The van der Waals surface area contributed by atoms with Gasteiger partial charge in [0.25, 0.3) is 11.8 Å². The van der Waals surface area contributed by atoms with Gasteiger partial charge in [-0.25, -0.2) is 13.1 Å². The number of sulfonamides is 1. The van der Waals surface area contributed by atoms with E-state index in [4.69, 9.17) is 0 Å². The molecular formula is C23H25N3O5S. The van der Waals surface area contributed by atoms with E-state index in [0.29, 0.717) is 0 Å². The first-order chi connectivity index (χ1) is 15.2. The van der Waals surface area contributed by atoms with Crippen LogP contribution >= 0.6 is 0 Å². The van der Waals surface area contributed by atoms with E-state index in [0.717, 1.165) is 17.7 Å². The summed E-state index contributed by atoms with van der Waals surface area (Å²) < 4.78 is 27.6. The van der Waals surface area contributed by atoms with Crippen molar-refractivity contribution >= 4 is 33.4 Å². The molecule has 1 aliphatic heterocycles. The largest absolute Gasteiger partial charge is 0.324 e. The molecule has 1 saturated carbocycles. The van der Waals surface area contributed by atoms with Crippen LogP contribution in [-0.4, -0.2) is 43.1 Å². The van der Waals surface area contributed by atoms with Gasteiger partial charge in [-0.3, -0.25) is 19.3 Å². The number of hydrogen-bond acceptors (Lipinski definition) is 5. The zero-order valence-corrected chi connectivity index (χ0v) is 18.7. The molecule has 1 unspecified atom stereocenters. The average molecular weight is 456 g/mol. The Bertz CT molecular complexity index is 1150.